The highest BCUT2D eigenvalue weighted by Gasteiger charge is 2.11. The van der Waals surface area contributed by atoms with Gasteiger partial charge in [-0.15, -0.1) is 0 Å². The van der Waals surface area contributed by atoms with Gasteiger partial charge in [0.15, 0.2) is 0 Å². The molecule has 0 fully saturated rings. The molecular weight excluding hydrogens is 256 g/mol. The zero-order valence-electron chi connectivity index (χ0n) is 12.4. The molecule has 1 heterocycles. The van der Waals surface area contributed by atoms with Crippen molar-refractivity contribution in [3.63, 3.8) is 0 Å². The van der Waals surface area contributed by atoms with Gasteiger partial charge in [-0.3, -0.25) is 4.98 Å². The Kier molecular flexibility index (Phi) is 2.49. The van der Waals surface area contributed by atoms with Gasteiger partial charge in [-0.1, -0.05) is 35.4 Å². The van der Waals surface area contributed by atoms with E-state index in [0.717, 1.165) is 16.7 Å². The first-order valence-corrected chi connectivity index (χ1v) is 7.19. The molecule has 3 aromatic carbocycles. The molecular formula is C19H16N2. The third-order valence-electron chi connectivity index (χ3n) is 4.04. The molecule has 0 spiro atoms. The fraction of sp³-hybridized carbons (Fsp3) is 0.158. The number of hydrogen-bond acceptors (Lipinski definition) is 2. The van der Waals surface area contributed by atoms with Crippen LogP contribution in [0.15, 0.2) is 42.6 Å². The topological polar surface area (TPSA) is 25.8 Å². The summed E-state index contributed by atoms with van der Waals surface area (Å²) < 4.78 is 0. The predicted octanol–water partition coefficient (Wildman–Crippen LogP) is 4.86. The van der Waals surface area contributed by atoms with E-state index < -0.39 is 0 Å². The van der Waals surface area contributed by atoms with Gasteiger partial charge < -0.3 is 0 Å². The molecule has 0 unspecified atom stereocenters. The van der Waals surface area contributed by atoms with Crippen LogP contribution in [-0.2, 0) is 0 Å². The Morgan fingerprint density at radius 1 is 0.667 bits per heavy atom. The van der Waals surface area contributed by atoms with Crippen LogP contribution in [0, 0.1) is 20.8 Å². The van der Waals surface area contributed by atoms with Crippen LogP contribution in [0.4, 0.5) is 0 Å². The highest BCUT2D eigenvalue weighted by Crippen LogP contribution is 2.33. The van der Waals surface area contributed by atoms with E-state index in [-0.39, 0.29) is 0 Å². The summed E-state index contributed by atoms with van der Waals surface area (Å²) in [5, 5.41) is 4.88. The normalized spacial score (nSPS) is 11.6. The summed E-state index contributed by atoms with van der Waals surface area (Å²) in [5.74, 6) is 0. The van der Waals surface area contributed by atoms with E-state index in [1.807, 2.05) is 13.1 Å². The molecule has 0 aliphatic heterocycles. The van der Waals surface area contributed by atoms with Crippen molar-refractivity contribution in [2.24, 2.45) is 0 Å². The van der Waals surface area contributed by atoms with Crippen LogP contribution in [0.3, 0.4) is 0 Å². The van der Waals surface area contributed by atoms with Crippen LogP contribution in [0.5, 0.6) is 0 Å². The summed E-state index contributed by atoms with van der Waals surface area (Å²) in [7, 11) is 0. The maximum absolute atomic E-state index is 4.76. The number of benzene rings is 3. The van der Waals surface area contributed by atoms with Crippen molar-refractivity contribution in [1.29, 1.82) is 0 Å². The van der Waals surface area contributed by atoms with Gasteiger partial charge in [-0.2, -0.15) is 0 Å². The molecule has 0 aliphatic carbocycles. The number of nitrogens with zero attached hydrogens (tertiary/aromatic N) is 2. The fourth-order valence-corrected chi connectivity index (χ4v) is 3.04. The van der Waals surface area contributed by atoms with Crippen molar-refractivity contribution in [1.82, 2.24) is 9.97 Å². The van der Waals surface area contributed by atoms with Gasteiger partial charge in [0.05, 0.1) is 16.7 Å². The lowest BCUT2D eigenvalue weighted by atomic mass is 9.97. The van der Waals surface area contributed by atoms with E-state index in [0.29, 0.717) is 0 Å². The van der Waals surface area contributed by atoms with E-state index in [2.05, 4.69) is 55.2 Å². The Hall–Kier alpha value is -2.48. The van der Waals surface area contributed by atoms with E-state index in [9.17, 15) is 0 Å². The maximum Gasteiger partial charge on any atom is 0.0974 e. The molecule has 0 aliphatic rings. The number of fused-ring (bicyclic) bond motifs is 6. The molecule has 0 amide bonds. The third kappa shape index (κ3) is 1.79. The van der Waals surface area contributed by atoms with Gasteiger partial charge >= 0.3 is 0 Å². The first-order chi connectivity index (χ1) is 10.1. The zero-order chi connectivity index (χ0) is 14.6. The standard InChI is InChI=1S/C19H16N2/c1-11-4-6-14-15-7-5-12(2)9-17(15)19-18(16(14)8-11)20-10-13(3)21-19/h4-10H,1-3H3. The summed E-state index contributed by atoms with van der Waals surface area (Å²) in [6.45, 7) is 6.23. The van der Waals surface area contributed by atoms with Gasteiger partial charge in [0.1, 0.15) is 0 Å². The molecule has 2 heteroatoms. The molecule has 2 nitrogen and oxygen atoms in total. The van der Waals surface area contributed by atoms with Crippen LogP contribution in [0.2, 0.25) is 0 Å². The van der Waals surface area contributed by atoms with Crippen LogP contribution in [-0.4, -0.2) is 9.97 Å². The molecule has 4 rings (SSSR count). The Bertz CT molecular complexity index is 1020. The van der Waals surface area contributed by atoms with Crippen LogP contribution < -0.4 is 0 Å². The molecule has 0 radical (unpaired) electrons. The van der Waals surface area contributed by atoms with E-state index in [4.69, 9.17) is 4.98 Å². The lowest BCUT2D eigenvalue weighted by molar-refractivity contribution is 1.19. The minimum Gasteiger partial charge on any atom is -0.252 e. The van der Waals surface area contributed by atoms with Gasteiger partial charge in [0.25, 0.3) is 0 Å². The number of rotatable bonds is 0. The van der Waals surface area contributed by atoms with Crippen LogP contribution in [0.1, 0.15) is 16.8 Å². The summed E-state index contributed by atoms with van der Waals surface area (Å²) in [6.07, 6.45) is 1.85. The molecule has 0 atom stereocenters. The van der Waals surface area contributed by atoms with E-state index >= 15 is 0 Å². The van der Waals surface area contributed by atoms with Crippen molar-refractivity contribution in [2.45, 2.75) is 20.8 Å². The Balaban J connectivity index is 2.39. The average Bonchev–Trinajstić information content (AvgIpc) is 2.47. The zero-order valence-corrected chi connectivity index (χ0v) is 12.4. The van der Waals surface area contributed by atoms with Gasteiger partial charge in [-0.05, 0) is 43.7 Å². The molecule has 21 heavy (non-hydrogen) atoms. The minimum atomic E-state index is 0.956. The summed E-state index contributed by atoms with van der Waals surface area (Å²) in [5.41, 5.74) is 5.46. The predicted molar refractivity (Wildman–Crippen MR) is 88.8 cm³/mol. The number of hydrogen-bond donors (Lipinski definition) is 0. The fourth-order valence-electron chi connectivity index (χ4n) is 3.04. The quantitative estimate of drug-likeness (QED) is 0.427. The molecule has 102 valence electrons. The molecule has 0 saturated carbocycles. The third-order valence-corrected chi connectivity index (χ3v) is 4.04. The Labute approximate surface area is 123 Å². The monoisotopic (exact) mass is 272 g/mol. The second-order valence-electron chi connectivity index (χ2n) is 5.81. The maximum atomic E-state index is 4.76. The van der Waals surface area contributed by atoms with Gasteiger partial charge in [-0.25, -0.2) is 4.98 Å². The molecule has 0 N–H and O–H groups in total. The first-order valence-electron chi connectivity index (χ1n) is 7.19. The molecule has 0 bridgehead atoms. The van der Waals surface area contributed by atoms with Crippen molar-refractivity contribution >= 4 is 32.6 Å². The highest BCUT2D eigenvalue weighted by atomic mass is 14.8. The van der Waals surface area contributed by atoms with Crippen LogP contribution in [0.25, 0.3) is 32.6 Å². The number of aryl methyl sites for hydroxylation is 3. The summed E-state index contributed by atoms with van der Waals surface area (Å²) in [6, 6.07) is 13.1. The van der Waals surface area contributed by atoms with Crippen molar-refractivity contribution in [2.75, 3.05) is 0 Å². The number of aromatic nitrogens is 2. The molecule has 0 saturated heterocycles. The highest BCUT2D eigenvalue weighted by molar-refractivity contribution is 6.23. The minimum absolute atomic E-state index is 0.956. The summed E-state index contributed by atoms with van der Waals surface area (Å²) in [4.78, 5) is 9.43. The van der Waals surface area contributed by atoms with E-state index in [1.54, 1.807) is 0 Å². The second kappa shape index (κ2) is 4.26. The van der Waals surface area contributed by atoms with Crippen molar-refractivity contribution < 1.29 is 0 Å². The lowest BCUT2D eigenvalue weighted by Gasteiger charge is -2.10. The average molecular weight is 272 g/mol. The molecule has 1 aromatic heterocycles. The second-order valence-corrected chi connectivity index (χ2v) is 5.81. The Morgan fingerprint density at radius 2 is 1.24 bits per heavy atom. The smallest absolute Gasteiger partial charge is 0.0974 e. The van der Waals surface area contributed by atoms with Gasteiger partial charge in [0, 0.05) is 17.0 Å². The van der Waals surface area contributed by atoms with Gasteiger partial charge in [0.2, 0.25) is 0 Å². The first kappa shape index (κ1) is 12.3. The Morgan fingerprint density at radius 3 is 1.86 bits per heavy atom. The molecule has 4 aromatic rings. The van der Waals surface area contributed by atoms with Crippen molar-refractivity contribution in [3.8, 4) is 0 Å². The summed E-state index contributed by atoms with van der Waals surface area (Å²) >= 11 is 0. The largest absolute Gasteiger partial charge is 0.252 e. The van der Waals surface area contributed by atoms with Crippen LogP contribution >= 0.6 is 0 Å². The van der Waals surface area contributed by atoms with E-state index in [1.165, 1.54) is 32.7 Å². The lowest BCUT2D eigenvalue weighted by Crippen LogP contribution is -1.92. The van der Waals surface area contributed by atoms with Crippen molar-refractivity contribution in [3.05, 3.63) is 59.4 Å². The SMILES string of the molecule is Cc1ccc2c3ccc(C)cc3c3nc(C)cnc3c2c1.